The monoisotopic (exact) mass is 794 g/mol. The lowest BCUT2D eigenvalue weighted by molar-refractivity contribution is -0.121. The number of hydrogen-bond donors (Lipinski definition) is 3. The SMILES string of the molecule is CC/C=C\C/C=C\C/C=C\C/C=C\C/C=C\C/C=C\CCC(=O)NCCN(C)CCNP(=O)(OCC1CC(F)C(n2ccc(N)nc2=O)O1)Oc1ccccc1. The second-order valence-electron chi connectivity index (χ2n) is 13.2. The number of carbonyl (C=O) groups excluding carboxylic acids is 1. The van der Waals surface area contributed by atoms with Crippen molar-refractivity contribution in [1.82, 2.24) is 24.9 Å². The first-order chi connectivity index (χ1) is 27.2. The number of likely N-dealkylation sites (N-methyl/N-ethyl adjacent to an activating group) is 1. The molecule has 2 heterocycles. The van der Waals surface area contributed by atoms with E-state index >= 15 is 0 Å². The van der Waals surface area contributed by atoms with Gasteiger partial charge in [0.25, 0.3) is 0 Å². The number of nitrogens with zero attached hydrogens (tertiary/aromatic N) is 3. The maximum Gasteiger partial charge on any atom is 0.458 e. The first-order valence-electron chi connectivity index (χ1n) is 19.4. The molecule has 1 fully saturated rings. The Labute approximate surface area is 331 Å². The van der Waals surface area contributed by atoms with Crippen molar-refractivity contribution in [3.05, 3.63) is 126 Å². The molecule has 1 aliphatic rings. The number of rotatable bonds is 27. The van der Waals surface area contributed by atoms with Crippen molar-refractivity contribution in [1.29, 1.82) is 0 Å². The third kappa shape index (κ3) is 19.5. The Bertz CT molecular complexity index is 1710. The number of halogens is 1. The summed E-state index contributed by atoms with van der Waals surface area (Å²) < 4.78 is 46.9. The van der Waals surface area contributed by atoms with Crippen molar-refractivity contribution in [2.24, 2.45) is 0 Å². The highest BCUT2D eigenvalue weighted by atomic mass is 31.2. The number of nitrogen functional groups attached to an aromatic ring is 1. The Balaban J connectivity index is 1.28. The van der Waals surface area contributed by atoms with Gasteiger partial charge in [-0.3, -0.25) is 13.9 Å². The van der Waals surface area contributed by atoms with Gasteiger partial charge < -0.3 is 25.2 Å². The van der Waals surface area contributed by atoms with Crippen LogP contribution in [0.5, 0.6) is 5.75 Å². The van der Waals surface area contributed by atoms with Gasteiger partial charge in [-0.25, -0.2) is 18.8 Å². The quantitative estimate of drug-likeness (QED) is 0.0605. The minimum Gasteiger partial charge on any atom is -0.413 e. The second-order valence-corrected chi connectivity index (χ2v) is 14.9. The molecule has 0 bridgehead atoms. The zero-order valence-electron chi connectivity index (χ0n) is 32.8. The zero-order chi connectivity index (χ0) is 40.3. The topological polar surface area (TPSA) is 150 Å². The molecule has 4 N–H and O–H groups in total. The molecule has 4 atom stereocenters. The van der Waals surface area contributed by atoms with Gasteiger partial charge in [0.05, 0.1) is 12.7 Å². The third-order valence-corrected chi connectivity index (χ3v) is 9.95. The maximum atomic E-state index is 14.9. The summed E-state index contributed by atoms with van der Waals surface area (Å²) in [6.07, 6.45) is 30.4. The number of nitrogens with two attached hydrogens (primary N) is 1. The van der Waals surface area contributed by atoms with E-state index in [1.54, 1.807) is 30.3 Å². The lowest BCUT2D eigenvalue weighted by Crippen LogP contribution is -2.36. The molecule has 0 saturated carbocycles. The Morgan fingerprint density at radius 2 is 1.54 bits per heavy atom. The fourth-order valence-electron chi connectivity index (χ4n) is 5.40. The van der Waals surface area contributed by atoms with E-state index < -0.39 is 31.9 Å². The molecule has 306 valence electrons. The van der Waals surface area contributed by atoms with Crippen molar-refractivity contribution < 1.29 is 27.5 Å². The molecule has 0 spiro atoms. The first kappa shape index (κ1) is 46.0. The minimum absolute atomic E-state index is 0.0189. The van der Waals surface area contributed by atoms with Crippen LogP contribution in [0.25, 0.3) is 0 Å². The maximum absolute atomic E-state index is 14.9. The predicted octanol–water partition coefficient (Wildman–Crippen LogP) is 7.77. The molecule has 1 amide bonds. The Morgan fingerprint density at radius 3 is 2.14 bits per heavy atom. The van der Waals surface area contributed by atoms with Crippen molar-refractivity contribution in [3.63, 3.8) is 0 Å². The molecule has 4 unspecified atom stereocenters. The highest BCUT2D eigenvalue weighted by molar-refractivity contribution is 7.52. The summed E-state index contributed by atoms with van der Waals surface area (Å²) in [5.41, 5.74) is 4.81. The molecule has 0 radical (unpaired) electrons. The summed E-state index contributed by atoms with van der Waals surface area (Å²) in [5, 5.41) is 5.82. The normalized spacial score (nSPS) is 18.8. The van der Waals surface area contributed by atoms with Gasteiger partial charge in [0.15, 0.2) is 6.23 Å². The van der Waals surface area contributed by atoms with Crippen molar-refractivity contribution in [3.8, 4) is 5.75 Å². The summed E-state index contributed by atoms with van der Waals surface area (Å²) in [5.74, 6) is 0.332. The van der Waals surface area contributed by atoms with Crippen LogP contribution in [0.1, 0.15) is 70.9 Å². The summed E-state index contributed by atoms with van der Waals surface area (Å²) in [4.78, 5) is 30.1. The average molecular weight is 795 g/mol. The summed E-state index contributed by atoms with van der Waals surface area (Å²) in [6, 6.07) is 9.95. The van der Waals surface area contributed by atoms with E-state index in [0.29, 0.717) is 38.2 Å². The van der Waals surface area contributed by atoms with E-state index in [1.165, 1.54) is 12.3 Å². The van der Waals surface area contributed by atoms with Crippen LogP contribution in [0, 0.1) is 0 Å². The van der Waals surface area contributed by atoms with Gasteiger partial charge >= 0.3 is 13.4 Å². The van der Waals surface area contributed by atoms with Gasteiger partial charge in [0.1, 0.15) is 17.7 Å². The van der Waals surface area contributed by atoms with E-state index in [2.05, 4.69) is 89.1 Å². The fraction of sp³-hybridized carbons (Fsp3) is 0.452. The van der Waals surface area contributed by atoms with Gasteiger partial charge in [0, 0.05) is 45.2 Å². The Kier molecular flexibility index (Phi) is 22.4. The van der Waals surface area contributed by atoms with Crippen LogP contribution in [0.2, 0.25) is 0 Å². The fourth-order valence-corrected chi connectivity index (χ4v) is 6.74. The number of benzene rings is 1. The molecular formula is C42H60FN6O6P. The number of anilines is 1. The number of nitrogens with one attached hydrogen (secondary N) is 2. The number of allylic oxidation sites excluding steroid dienone is 12. The number of aromatic nitrogens is 2. The second kappa shape index (κ2) is 27.2. The van der Waals surface area contributed by atoms with Crippen LogP contribution >= 0.6 is 7.75 Å². The largest absolute Gasteiger partial charge is 0.458 e. The molecule has 0 aliphatic carbocycles. The van der Waals surface area contributed by atoms with Crippen molar-refractivity contribution in [2.45, 2.75) is 83.2 Å². The Hall–Kier alpha value is -4.39. The summed E-state index contributed by atoms with van der Waals surface area (Å²) in [7, 11) is -2.04. The number of amides is 1. The number of carbonyl (C=O) groups is 1. The van der Waals surface area contributed by atoms with E-state index in [4.69, 9.17) is 19.5 Å². The number of ether oxygens (including phenoxy) is 1. The summed E-state index contributed by atoms with van der Waals surface area (Å²) >= 11 is 0. The zero-order valence-corrected chi connectivity index (χ0v) is 33.7. The van der Waals surface area contributed by atoms with Gasteiger partial charge in [-0.2, -0.15) is 4.98 Å². The number of para-hydroxylation sites is 1. The van der Waals surface area contributed by atoms with Gasteiger partial charge in [-0.05, 0) is 70.2 Å². The molecule has 3 rings (SSSR count). The van der Waals surface area contributed by atoms with Crippen molar-refractivity contribution >= 4 is 19.5 Å². The molecule has 1 saturated heterocycles. The van der Waals surface area contributed by atoms with E-state index in [0.717, 1.165) is 43.1 Å². The predicted molar refractivity (Wildman–Crippen MR) is 223 cm³/mol. The standard InChI is InChI=1S/C42H60FN6O6P/c1-3-4-5-6-7-8-9-10-11-12-13-14-15-16-17-18-19-20-24-27-40(50)45-29-32-48(2)33-30-46-56(52,55-36-25-22-21-23-26-36)53-35-37-34-38(43)41(54-37)49-31-28-39(44)47-42(49)51/h4-5,7-8,10-11,13-14,16-17,19-23,25-26,28,31,37-38,41H,3,6,9,12,15,18,24,27,29-30,32-35H2,1-2H3,(H,45,50)(H,46,52)(H2,44,47,51)/b5-4-,8-7-,11-10-,14-13-,17-16-,20-19-. The van der Waals surface area contributed by atoms with Crippen LogP contribution in [-0.4, -0.2) is 72.5 Å². The third-order valence-electron chi connectivity index (χ3n) is 8.40. The molecule has 1 aliphatic heterocycles. The minimum atomic E-state index is -3.92. The van der Waals surface area contributed by atoms with Crippen LogP contribution in [0.4, 0.5) is 10.2 Å². The lowest BCUT2D eigenvalue weighted by atomic mass is 10.2. The Morgan fingerprint density at radius 1 is 0.946 bits per heavy atom. The van der Waals surface area contributed by atoms with Crippen LogP contribution in [0.3, 0.4) is 0 Å². The van der Waals surface area contributed by atoms with Gasteiger partial charge in [0.2, 0.25) is 5.91 Å². The lowest BCUT2D eigenvalue weighted by Gasteiger charge is -2.23. The highest BCUT2D eigenvalue weighted by Gasteiger charge is 2.39. The molecule has 1 aromatic carbocycles. The number of hydrogen-bond acceptors (Lipinski definition) is 9. The van der Waals surface area contributed by atoms with Crippen LogP contribution in [0.15, 0.2) is 120 Å². The summed E-state index contributed by atoms with van der Waals surface area (Å²) in [6.45, 7) is 3.65. The smallest absolute Gasteiger partial charge is 0.413 e. The van der Waals surface area contributed by atoms with Crippen molar-refractivity contribution in [2.75, 3.05) is 45.6 Å². The van der Waals surface area contributed by atoms with Gasteiger partial charge in [-0.1, -0.05) is 98.0 Å². The van der Waals surface area contributed by atoms with Gasteiger partial charge in [-0.15, -0.1) is 0 Å². The number of alkyl halides is 1. The van der Waals surface area contributed by atoms with Crippen LogP contribution in [-0.2, 0) is 18.6 Å². The van der Waals surface area contributed by atoms with E-state index in [9.17, 15) is 18.5 Å². The average Bonchev–Trinajstić information content (AvgIpc) is 3.55. The highest BCUT2D eigenvalue weighted by Crippen LogP contribution is 2.45. The molecular weight excluding hydrogens is 734 g/mol. The molecule has 56 heavy (non-hydrogen) atoms. The molecule has 12 nitrogen and oxygen atoms in total. The first-order valence-corrected chi connectivity index (χ1v) is 21.0. The van der Waals surface area contributed by atoms with E-state index in [-0.39, 0.29) is 31.3 Å². The molecule has 1 aromatic heterocycles. The van der Waals surface area contributed by atoms with Crippen LogP contribution < -0.4 is 26.4 Å². The molecule has 14 heteroatoms. The van der Waals surface area contributed by atoms with E-state index in [1.807, 2.05) is 18.0 Å². The molecule has 2 aromatic rings.